The van der Waals surface area contributed by atoms with Crippen molar-refractivity contribution in [3.63, 3.8) is 0 Å². The van der Waals surface area contributed by atoms with Gasteiger partial charge < -0.3 is 29.8 Å². The van der Waals surface area contributed by atoms with Crippen LogP contribution in [0.1, 0.15) is 18.8 Å². The second-order valence-corrected chi connectivity index (χ2v) is 5.44. The third kappa shape index (κ3) is 3.14. The normalized spacial score (nSPS) is 35.2. The molecule has 2 heterocycles. The fourth-order valence-corrected chi connectivity index (χ4v) is 2.75. The molecule has 0 saturated carbocycles. The molecule has 2 fully saturated rings. The minimum atomic E-state index is -1.13. The number of aliphatic hydroxyl groups is 1. The zero-order valence-corrected chi connectivity index (χ0v) is 12.5. The lowest BCUT2D eigenvalue weighted by Gasteiger charge is -2.44. The van der Waals surface area contributed by atoms with Crippen molar-refractivity contribution in [1.82, 2.24) is 5.32 Å². The summed E-state index contributed by atoms with van der Waals surface area (Å²) in [5.74, 6) is -0.553. The first kappa shape index (κ1) is 15.7. The van der Waals surface area contributed by atoms with Crippen LogP contribution in [0, 0.1) is 0 Å². The number of amides is 1. The van der Waals surface area contributed by atoms with E-state index in [9.17, 15) is 9.90 Å². The lowest BCUT2D eigenvalue weighted by molar-refractivity contribution is -0.281. The van der Waals surface area contributed by atoms with Crippen molar-refractivity contribution < 1.29 is 29.3 Å². The molecule has 3 rings (SSSR count). The fourth-order valence-electron chi connectivity index (χ4n) is 2.75. The van der Waals surface area contributed by atoms with Crippen molar-refractivity contribution in [1.29, 1.82) is 0 Å². The van der Waals surface area contributed by atoms with E-state index in [0.29, 0.717) is 0 Å². The molecule has 2 aliphatic rings. The number of oxime groups is 1. The SMILES string of the molecule is CC(=O)NC1C(=NO)OC2COC(c3ccccc3)O[C@H]2C1O. The standard InChI is InChI=1S/C15H18N2O6/c1-8(18)16-11-12(19)13-10(22-14(11)17-20)7-21-15(23-13)9-5-3-2-4-6-9/h2-6,10-13,15,19-20H,7H2,1H3,(H,16,18)/t10?,11?,12?,13-,15?/m1/s1. The molecule has 0 aromatic heterocycles. The molecule has 8 heteroatoms. The Kier molecular flexibility index (Phi) is 4.46. The van der Waals surface area contributed by atoms with Crippen LogP contribution in [0.2, 0.25) is 0 Å². The maximum Gasteiger partial charge on any atom is 0.251 e. The maximum atomic E-state index is 11.3. The second-order valence-electron chi connectivity index (χ2n) is 5.44. The van der Waals surface area contributed by atoms with Crippen molar-refractivity contribution in [3.05, 3.63) is 35.9 Å². The van der Waals surface area contributed by atoms with Crippen LogP contribution in [0.4, 0.5) is 0 Å². The molecule has 4 unspecified atom stereocenters. The first-order valence-electron chi connectivity index (χ1n) is 7.26. The van der Waals surface area contributed by atoms with Gasteiger partial charge in [0.2, 0.25) is 5.91 Å². The minimum Gasteiger partial charge on any atom is -0.468 e. The molecule has 2 saturated heterocycles. The van der Waals surface area contributed by atoms with Gasteiger partial charge in [-0.3, -0.25) is 4.79 Å². The molecular formula is C15H18N2O6. The van der Waals surface area contributed by atoms with Crippen LogP contribution in [0.3, 0.4) is 0 Å². The summed E-state index contributed by atoms with van der Waals surface area (Å²) in [4.78, 5) is 11.3. The summed E-state index contributed by atoms with van der Waals surface area (Å²) in [5.41, 5.74) is 0.816. The van der Waals surface area contributed by atoms with Gasteiger partial charge in [0.25, 0.3) is 5.90 Å². The third-order valence-corrected chi connectivity index (χ3v) is 3.80. The Labute approximate surface area is 132 Å². The number of ether oxygens (including phenoxy) is 3. The molecule has 1 aromatic carbocycles. The van der Waals surface area contributed by atoms with Gasteiger partial charge in [0.15, 0.2) is 12.4 Å². The molecule has 3 N–H and O–H groups in total. The second kappa shape index (κ2) is 6.53. The quantitative estimate of drug-likeness (QED) is 0.528. The first-order valence-corrected chi connectivity index (χ1v) is 7.26. The lowest BCUT2D eigenvalue weighted by Crippen LogP contribution is -2.64. The Morgan fingerprint density at radius 3 is 2.74 bits per heavy atom. The molecule has 8 nitrogen and oxygen atoms in total. The molecule has 2 aliphatic heterocycles. The Hall–Kier alpha value is -2.16. The number of hydrogen-bond donors (Lipinski definition) is 3. The highest BCUT2D eigenvalue weighted by Gasteiger charge is 2.49. The Balaban J connectivity index is 1.79. The molecule has 1 aromatic rings. The number of nitrogens with zero attached hydrogens (tertiary/aromatic N) is 1. The van der Waals surface area contributed by atoms with Gasteiger partial charge in [-0.25, -0.2) is 0 Å². The highest BCUT2D eigenvalue weighted by atomic mass is 16.7. The van der Waals surface area contributed by atoms with E-state index in [0.717, 1.165) is 5.56 Å². The molecule has 0 aliphatic carbocycles. The smallest absolute Gasteiger partial charge is 0.251 e. The molecular weight excluding hydrogens is 304 g/mol. The topological polar surface area (TPSA) is 110 Å². The van der Waals surface area contributed by atoms with E-state index in [2.05, 4.69) is 10.5 Å². The fraction of sp³-hybridized carbons (Fsp3) is 0.467. The highest BCUT2D eigenvalue weighted by Crippen LogP contribution is 2.32. The van der Waals surface area contributed by atoms with Gasteiger partial charge in [0.1, 0.15) is 18.2 Å². The van der Waals surface area contributed by atoms with Crippen LogP contribution in [-0.4, -0.2) is 53.1 Å². The Morgan fingerprint density at radius 1 is 1.35 bits per heavy atom. The molecule has 5 atom stereocenters. The zero-order chi connectivity index (χ0) is 16.4. The van der Waals surface area contributed by atoms with E-state index >= 15 is 0 Å². The largest absolute Gasteiger partial charge is 0.468 e. The average Bonchev–Trinajstić information content (AvgIpc) is 2.57. The summed E-state index contributed by atoms with van der Waals surface area (Å²) in [6, 6.07) is 8.33. The summed E-state index contributed by atoms with van der Waals surface area (Å²) in [7, 11) is 0. The number of rotatable bonds is 2. The number of benzene rings is 1. The van der Waals surface area contributed by atoms with Gasteiger partial charge in [-0.15, -0.1) is 0 Å². The van der Waals surface area contributed by atoms with Crippen LogP contribution in [-0.2, 0) is 19.0 Å². The number of fused-ring (bicyclic) bond motifs is 1. The average molecular weight is 322 g/mol. The van der Waals surface area contributed by atoms with Gasteiger partial charge in [-0.1, -0.05) is 35.5 Å². The minimum absolute atomic E-state index is 0.160. The van der Waals surface area contributed by atoms with Crippen LogP contribution in [0.5, 0.6) is 0 Å². The van der Waals surface area contributed by atoms with Gasteiger partial charge in [-0.2, -0.15) is 0 Å². The lowest BCUT2D eigenvalue weighted by atomic mass is 9.96. The van der Waals surface area contributed by atoms with Crippen molar-refractivity contribution in [2.75, 3.05) is 6.61 Å². The molecule has 0 bridgehead atoms. The summed E-state index contributed by atoms with van der Waals surface area (Å²) in [6.07, 6.45) is -3.11. The monoisotopic (exact) mass is 322 g/mol. The van der Waals surface area contributed by atoms with E-state index < -0.39 is 30.6 Å². The van der Waals surface area contributed by atoms with Gasteiger partial charge in [0.05, 0.1) is 6.61 Å². The van der Waals surface area contributed by atoms with Crippen LogP contribution in [0.25, 0.3) is 0 Å². The third-order valence-electron chi connectivity index (χ3n) is 3.80. The molecule has 23 heavy (non-hydrogen) atoms. The first-order chi connectivity index (χ1) is 11.1. The highest BCUT2D eigenvalue weighted by molar-refractivity contribution is 5.88. The molecule has 0 radical (unpaired) electrons. The number of hydrogen-bond acceptors (Lipinski definition) is 7. The Bertz CT molecular complexity index is 593. The summed E-state index contributed by atoms with van der Waals surface area (Å²) < 4.78 is 16.9. The van der Waals surface area contributed by atoms with E-state index in [4.69, 9.17) is 19.4 Å². The van der Waals surface area contributed by atoms with E-state index in [1.54, 1.807) is 0 Å². The van der Waals surface area contributed by atoms with Gasteiger partial charge in [-0.05, 0) is 0 Å². The maximum absolute atomic E-state index is 11.3. The molecule has 0 spiro atoms. The number of nitrogens with one attached hydrogen (secondary N) is 1. The van der Waals surface area contributed by atoms with Gasteiger partial charge >= 0.3 is 0 Å². The van der Waals surface area contributed by atoms with E-state index in [1.807, 2.05) is 30.3 Å². The van der Waals surface area contributed by atoms with Crippen LogP contribution < -0.4 is 5.32 Å². The van der Waals surface area contributed by atoms with Crippen molar-refractivity contribution in [2.45, 2.75) is 37.6 Å². The predicted octanol–water partition coefficient (Wildman–Crippen LogP) is 0.153. The van der Waals surface area contributed by atoms with Crippen LogP contribution in [0.15, 0.2) is 35.5 Å². The van der Waals surface area contributed by atoms with E-state index in [1.165, 1.54) is 6.92 Å². The van der Waals surface area contributed by atoms with Crippen LogP contribution >= 0.6 is 0 Å². The van der Waals surface area contributed by atoms with Crippen molar-refractivity contribution in [2.24, 2.45) is 5.16 Å². The predicted molar refractivity (Wildman–Crippen MR) is 77.7 cm³/mol. The summed E-state index contributed by atoms with van der Waals surface area (Å²) in [6.45, 7) is 1.46. The van der Waals surface area contributed by atoms with Gasteiger partial charge in [0, 0.05) is 12.5 Å². The van der Waals surface area contributed by atoms with E-state index in [-0.39, 0.29) is 18.4 Å². The Morgan fingerprint density at radius 2 is 2.09 bits per heavy atom. The zero-order valence-electron chi connectivity index (χ0n) is 12.5. The van der Waals surface area contributed by atoms with Crippen molar-refractivity contribution in [3.8, 4) is 0 Å². The molecule has 124 valence electrons. The number of carbonyl (C=O) groups excluding carboxylic acids is 1. The summed E-state index contributed by atoms with van der Waals surface area (Å²) >= 11 is 0. The number of aliphatic hydroxyl groups excluding tert-OH is 1. The van der Waals surface area contributed by atoms with Crippen molar-refractivity contribution >= 4 is 11.8 Å². The summed E-state index contributed by atoms with van der Waals surface area (Å²) in [5, 5.41) is 25.0. The number of carbonyl (C=O) groups is 1. The molecule has 1 amide bonds.